The fraction of sp³-hybridized carbons (Fsp3) is 0.938. The second kappa shape index (κ2) is 39.0. The summed E-state index contributed by atoms with van der Waals surface area (Å²) in [5, 5.41) is 55.3. The predicted molar refractivity (Wildman–Crippen MR) is 247 cm³/mol. The molecule has 368 valence electrons. The van der Waals surface area contributed by atoms with Gasteiger partial charge in [0.25, 0.3) is 0 Å². The molecular weight excluding hydrogens is 815 g/mol. The number of nitrogens with one attached hydrogen (secondary N) is 1. The van der Waals surface area contributed by atoms with Crippen LogP contribution in [0.2, 0.25) is 0 Å². The minimum Gasteiger partial charge on any atom is -0.394 e. The van der Waals surface area contributed by atoms with Gasteiger partial charge >= 0.3 is 10.4 Å². The van der Waals surface area contributed by atoms with Crippen LogP contribution in [0.15, 0.2) is 12.2 Å². The van der Waals surface area contributed by atoms with E-state index in [0.29, 0.717) is 12.8 Å². The van der Waals surface area contributed by atoms with Crippen LogP contribution in [0.3, 0.4) is 0 Å². The topological polar surface area (TPSA) is 212 Å². The van der Waals surface area contributed by atoms with Crippen molar-refractivity contribution < 1.29 is 57.0 Å². The molecule has 1 heterocycles. The smallest absolute Gasteiger partial charge is 0.394 e. The number of aliphatic hydroxyl groups excluding tert-OH is 5. The molecule has 1 fully saturated rings. The molecule has 8 unspecified atom stereocenters. The Morgan fingerprint density at radius 2 is 1.05 bits per heavy atom. The Morgan fingerprint density at radius 1 is 0.645 bits per heavy atom. The molecule has 0 bridgehead atoms. The van der Waals surface area contributed by atoms with Gasteiger partial charge in [-0.1, -0.05) is 219 Å². The van der Waals surface area contributed by atoms with Crippen molar-refractivity contribution in [3.8, 4) is 0 Å². The molecule has 1 saturated heterocycles. The molecule has 0 radical (unpaired) electrons. The number of carbonyl (C=O) groups excluding carboxylic acids is 1. The van der Waals surface area contributed by atoms with E-state index in [1.165, 1.54) is 154 Å². The number of carbonyl (C=O) groups is 1. The van der Waals surface area contributed by atoms with E-state index in [0.717, 1.165) is 38.5 Å². The van der Waals surface area contributed by atoms with Crippen LogP contribution in [0.5, 0.6) is 0 Å². The van der Waals surface area contributed by atoms with Crippen LogP contribution in [0, 0.1) is 0 Å². The van der Waals surface area contributed by atoms with Crippen molar-refractivity contribution in [2.24, 2.45) is 0 Å². The SMILES string of the molecule is CCCCCCCCCCCCCCCCCCC/C=C/C(O)C(COC1OC(CO)C(O)C(OS(=O)(=O)O)C1O)NC(=O)C(O)CCCCCCCCCCCCCCCC. The van der Waals surface area contributed by atoms with Gasteiger partial charge in [-0.3, -0.25) is 9.35 Å². The molecule has 13 nitrogen and oxygen atoms in total. The normalized spacial score (nSPS) is 21.1. The van der Waals surface area contributed by atoms with Gasteiger partial charge in [0.05, 0.1) is 25.4 Å². The number of aliphatic hydroxyl groups is 5. The highest BCUT2D eigenvalue weighted by Crippen LogP contribution is 2.26. The Hall–Kier alpha value is -1.20. The Labute approximate surface area is 377 Å². The van der Waals surface area contributed by atoms with Gasteiger partial charge in [-0.2, -0.15) is 8.42 Å². The Bertz CT molecular complexity index is 1180. The average Bonchev–Trinajstić information content (AvgIpc) is 3.24. The summed E-state index contributed by atoms with van der Waals surface area (Å²) in [4.78, 5) is 13.1. The second-order valence-corrected chi connectivity index (χ2v) is 19.0. The van der Waals surface area contributed by atoms with E-state index in [4.69, 9.17) is 9.47 Å². The summed E-state index contributed by atoms with van der Waals surface area (Å²) in [5.74, 6) is -0.699. The van der Waals surface area contributed by atoms with Crippen molar-refractivity contribution in [3.63, 3.8) is 0 Å². The number of hydrogen-bond acceptors (Lipinski definition) is 11. The van der Waals surface area contributed by atoms with E-state index in [9.17, 15) is 43.3 Å². The molecular formula is C48H93NO12S. The molecule has 0 aliphatic carbocycles. The van der Waals surface area contributed by atoms with Gasteiger partial charge in [0.2, 0.25) is 5.91 Å². The molecule has 7 N–H and O–H groups in total. The van der Waals surface area contributed by atoms with Gasteiger partial charge < -0.3 is 40.3 Å². The maximum Gasteiger partial charge on any atom is 0.397 e. The summed E-state index contributed by atoms with van der Waals surface area (Å²) in [6.07, 6.45) is 31.4. The Kier molecular flexibility index (Phi) is 37.0. The fourth-order valence-electron chi connectivity index (χ4n) is 8.17. The molecule has 1 aliphatic rings. The summed E-state index contributed by atoms with van der Waals surface area (Å²) in [5.41, 5.74) is 0. The molecule has 0 aromatic rings. The average molecular weight is 908 g/mol. The molecule has 1 rings (SSSR count). The monoisotopic (exact) mass is 908 g/mol. The lowest BCUT2D eigenvalue weighted by Gasteiger charge is -2.41. The second-order valence-electron chi connectivity index (χ2n) is 17.9. The van der Waals surface area contributed by atoms with Crippen LogP contribution in [-0.2, 0) is 28.9 Å². The van der Waals surface area contributed by atoms with Gasteiger partial charge in [-0.15, -0.1) is 0 Å². The first-order valence-electron chi connectivity index (χ1n) is 25.2. The lowest BCUT2D eigenvalue weighted by Crippen LogP contribution is -2.61. The molecule has 0 spiro atoms. The molecule has 14 heteroatoms. The lowest BCUT2D eigenvalue weighted by atomic mass is 9.99. The number of hydrogen-bond donors (Lipinski definition) is 7. The zero-order valence-corrected chi connectivity index (χ0v) is 39.9. The highest BCUT2D eigenvalue weighted by molar-refractivity contribution is 7.80. The Morgan fingerprint density at radius 3 is 1.45 bits per heavy atom. The van der Waals surface area contributed by atoms with Crippen LogP contribution in [0.25, 0.3) is 0 Å². The molecule has 8 atom stereocenters. The van der Waals surface area contributed by atoms with E-state index in [1.807, 2.05) is 6.08 Å². The Balaban J connectivity index is 2.53. The molecule has 0 saturated carbocycles. The summed E-state index contributed by atoms with van der Waals surface area (Å²) in [6.45, 7) is 3.24. The molecule has 0 aromatic carbocycles. The van der Waals surface area contributed by atoms with Crippen molar-refractivity contribution in [1.29, 1.82) is 0 Å². The quantitative estimate of drug-likeness (QED) is 0.0173. The first kappa shape index (κ1) is 58.8. The number of unbranched alkanes of at least 4 members (excludes halogenated alkanes) is 30. The van der Waals surface area contributed by atoms with E-state index in [1.54, 1.807) is 6.08 Å². The van der Waals surface area contributed by atoms with Crippen LogP contribution in [0.4, 0.5) is 0 Å². The van der Waals surface area contributed by atoms with Crippen molar-refractivity contribution in [2.75, 3.05) is 13.2 Å². The first-order valence-corrected chi connectivity index (χ1v) is 26.5. The third-order valence-electron chi connectivity index (χ3n) is 12.2. The minimum absolute atomic E-state index is 0.248. The van der Waals surface area contributed by atoms with Gasteiger partial charge in [-0.25, -0.2) is 4.18 Å². The van der Waals surface area contributed by atoms with Gasteiger partial charge in [0.1, 0.15) is 30.5 Å². The summed E-state index contributed by atoms with van der Waals surface area (Å²) < 4.78 is 47.6. The molecule has 0 aromatic heterocycles. The summed E-state index contributed by atoms with van der Waals surface area (Å²) in [7, 11) is -5.12. The van der Waals surface area contributed by atoms with Crippen LogP contribution < -0.4 is 5.32 Å². The zero-order valence-electron chi connectivity index (χ0n) is 39.1. The van der Waals surface area contributed by atoms with Crippen molar-refractivity contribution in [3.05, 3.63) is 12.2 Å². The molecule has 62 heavy (non-hydrogen) atoms. The van der Waals surface area contributed by atoms with Crippen LogP contribution in [0.1, 0.15) is 226 Å². The maximum atomic E-state index is 13.1. The van der Waals surface area contributed by atoms with E-state index >= 15 is 0 Å². The van der Waals surface area contributed by atoms with Gasteiger partial charge in [-0.05, 0) is 19.3 Å². The third kappa shape index (κ3) is 30.8. The predicted octanol–water partition coefficient (Wildman–Crippen LogP) is 9.31. The lowest BCUT2D eigenvalue weighted by molar-refractivity contribution is -0.298. The molecule has 1 aliphatic heterocycles. The summed E-state index contributed by atoms with van der Waals surface area (Å²) >= 11 is 0. The number of rotatable bonds is 43. The van der Waals surface area contributed by atoms with Crippen LogP contribution in [-0.4, -0.2) is 107 Å². The fourth-order valence-corrected chi connectivity index (χ4v) is 8.68. The first-order chi connectivity index (χ1) is 29.9. The standard InChI is InChI=1S/C48H93NO12S/c1-3-5-7-9-11-13-15-17-19-20-21-22-23-25-26-28-30-32-34-36-41(51)40(39-59-48-45(54)46(61-62(56,57)58)44(53)43(38-50)60-48)49-47(55)42(52)37-35-33-31-29-27-24-18-16-14-12-10-8-6-4-2/h34,36,40-46,48,50-54H,3-33,35,37-39H2,1-2H3,(H,49,55)(H,56,57,58)/b36-34+. The van der Waals surface area contributed by atoms with E-state index < -0.39 is 78.5 Å². The van der Waals surface area contributed by atoms with E-state index in [2.05, 4.69) is 23.3 Å². The third-order valence-corrected chi connectivity index (χ3v) is 12.6. The van der Waals surface area contributed by atoms with Gasteiger partial charge in [0.15, 0.2) is 6.29 Å². The van der Waals surface area contributed by atoms with Crippen molar-refractivity contribution in [1.82, 2.24) is 5.32 Å². The van der Waals surface area contributed by atoms with E-state index in [-0.39, 0.29) is 6.42 Å². The number of allylic oxidation sites excluding steroid dienone is 1. The summed E-state index contributed by atoms with van der Waals surface area (Å²) in [6, 6.07) is -1.11. The van der Waals surface area contributed by atoms with Gasteiger partial charge in [0, 0.05) is 0 Å². The number of amides is 1. The van der Waals surface area contributed by atoms with Crippen molar-refractivity contribution >= 4 is 16.3 Å². The maximum absolute atomic E-state index is 13.1. The highest BCUT2D eigenvalue weighted by Gasteiger charge is 2.48. The largest absolute Gasteiger partial charge is 0.397 e. The highest BCUT2D eigenvalue weighted by atomic mass is 32.3. The van der Waals surface area contributed by atoms with Crippen LogP contribution >= 0.6 is 0 Å². The number of ether oxygens (including phenoxy) is 2. The minimum atomic E-state index is -5.12. The zero-order chi connectivity index (χ0) is 45.7. The van der Waals surface area contributed by atoms with Crippen molar-refractivity contribution in [2.45, 2.75) is 275 Å². The molecule has 1 amide bonds.